The molecule has 138 valence electrons. The Labute approximate surface area is 159 Å². The Kier molecular flexibility index (Phi) is 6.50. The number of hydrogen-bond donors (Lipinski definition) is 1. The summed E-state index contributed by atoms with van der Waals surface area (Å²) in [4.78, 5) is 23.2. The number of nitrogens with one attached hydrogen (secondary N) is 1. The summed E-state index contributed by atoms with van der Waals surface area (Å²) < 4.78 is 0. The summed E-state index contributed by atoms with van der Waals surface area (Å²) in [7, 11) is 0. The Balaban J connectivity index is 1.51. The highest BCUT2D eigenvalue weighted by atomic mass is 32.2. The van der Waals surface area contributed by atoms with E-state index in [-0.39, 0.29) is 5.91 Å². The molecule has 2 aromatic rings. The number of amides is 1. The average molecular weight is 371 g/mol. The number of anilines is 1. The van der Waals surface area contributed by atoms with Crippen molar-refractivity contribution < 1.29 is 4.79 Å². The number of benzene rings is 1. The van der Waals surface area contributed by atoms with Gasteiger partial charge in [-0.25, -0.2) is 9.97 Å². The van der Waals surface area contributed by atoms with Crippen LogP contribution in [0.1, 0.15) is 25.8 Å². The van der Waals surface area contributed by atoms with Gasteiger partial charge >= 0.3 is 0 Å². The molecule has 1 fully saturated rings. The second kappa shape index (κ2) is 9.03. The maximum absolute atomic E-state index is 12.1. The third-order valence-corrected chi connectivity index (χ3v) is 5.43. The van der Waals surface area contributed by atoms with Crippen LogP contribution in [0.2, 0.25) is 0 Å². The van der Waals surface area contributed by atoms with E-state index in [1.165, 1.54) is 18.2 Å². The lowest BCUT2D eigenvalue weighted by Crippen LogP contribution is -2.39. The molecular formula is C20H26N4OS. The van der Waals surface area contributed by atoms with E-state index in [2.05, 4.69) is 34.0 Å². The molecule has 2 atom stereocenters. The zero-order valence-corrected chi connectivity index (χ0v) is 16.2. The zero-order chi connectivity index (χ0) is 18.4. The number of rotatable bonds is 6. The lowest BCUT2D eigenvalue weighted by Gasteiger charge is -2.35. The molecule has 0 radical (unpaired) electrons. The average Bonchev–Trinajstić information content (AvgIpc) is 2.65. The Morgan fingerprint density at radius 3 is 2.65 bits per heavy atom. The molecule has 1 N–H and O–H groups in total. The minimum atomic E-state index is 0.0132. The molecule has 1 aliphatic heterocycles. The van der Waals surface area contributed by atoms with Crippen molar-refractivity contribution in [1.29, 1.82) is 0 Å². The molecule has 1 aromatic carbocycles. The van der Waals surface area contributed by atoms with Gasteiger partial charge in [0, 0.05) is 25.7 Å². The minimum Gasteiger partial charge on any atom is -0.356 e. The first-order valence-electron chi connectivity index (χ1n) is 9.10. The van der Waals surface area contributed by atoms with E-state index in [1.807, 2.05) is 36.4 Å². The molecule has 0 spiro atoms. The lowest BCUT2D eigenvalue weighted by atomic mass is 9.92. The van der Waals surface area contributed by atoms with E-state index in [0.717, 1.165) is 29.5 Å². The van der Waals surface area contributed by atoms with Crippen molar-refractivity contribution in [3.05, 3.63) is 48.3 Å². The standard InChI is InChI=1S/C20H26N4OS/c1-15-8-16(2)12-24(11-15)18-9-20(23-14-22-18)26-13-19(25)21-10-17-6-4-3-5-7-17/h3-7,9,14-16H,8,10-13H2,1-2H3,(H,21,25). The highest BCUT2D eigenvalue weighted by Gasteiger charge is 2.23. The monoisotopic (exact) mass is 370 g/mol. The van der Waals surface area contributed by atoms with E-state index in [9.17, 15) is 4.79 Å². The topological polar surface area (TPSA) is 58.1 Å². The van der Waals surface area contributed by atoms with Gasteiger partial charge in [-0.2, -0.15) is 0 Å². The first kappa shape index (κ1) is 18.7. The van der Waals surface area contributed by atoms with Crippen molar-refractivity contribution >= 4 is 23.5 Å². The summed E-state index contributed by atoms with van der Waals surface area (Å²) in [5.41, 5.74) is 1.10. The van der Waals surface area contributed by atoms with E-state index in [1.54, 1.807) is 6.33 Å². The lowest BCUT2D eigenvalue weighted by molar-refractivity contribution is -0.118. The summed E-state index contributed by atoms with van der Waals surface area (Å²) in [6, 6.07) is 11.9. The first-order chi connectivity index (χ1) is 12.6. The van der Waals surface area contributed by atoms with Crippen LogP contribution in [0.15, 0.2) is 47.8 Å². The highest BCUT2D eigenvalue weighted by Crippen LogP contribution is 2.26. The molecule has 6 heteroatoms. The molecule has 0 saturated carbocycles. The second-order valence-electron chi connectivity index (χ2n) is 7.12. The summed E-state index contributed by atoms with van der Waals surface area (Å²) in [6.07, 6.45) is 2.87. The third kappa shape index (κ3) is 5.46. The molecule has 2 unspecified atom stereocenters. The van der Waals surface area contributed by atoms with E-state index in [0.29, 0.717) is 24.1 Å². The van der Waals surface area contributed by atoms with Crippen LogP contribution in [0.25, 0.3) is 0 Å². The second-order valence-corrected chi connectivity index (χ2v) is 8.11. The molecule has 1 aromatic heterocycles. The summed E-state index contributed by atoms with van der Waals surface area (Å²) in [5, 5.41) is 3.79. The first-order valence-corrected chi connectivity index (χ1v) is 10.1. The highest BCUT2D eigenvalue weighted by molar-refractivity contribution is 7.99. The quantitative estimate of drug-likeness (QED) is 0.624. The van der Waals surface area contributed by atoms with Crippen LogP contribution in [0, 0.1) is 11.8 Å². The van der Waals surface area contributed by atoms with Crippen LogP contribution in [0.5, 0.6) is 0 Å². The zero-order valence-electron chi connectivity index (χ0n) is 15.4. The normalized spacial score (nSPS) is 20.0. The van der Waals surface area contributed by atoms with Gasteiger partial charge in [0.05, 0.1) is 5.75 Å². The van der Waals surface area contributed by atoms with Crippen LogP contribution in [0.3, 0.4) is 0 Å². The van der Waals surface area contributed by atoms with Gasteiger partial charge in [-0.05, 0) is 23.8 Å². The maximum Gasteiger partial charge on any atom is 0.230 e. The van der Waals surface area contributed by atoms with E-state index in [4.69, 9.17) is 0 Å². The molecule has 0 aliphatic carbocycles. The number of hydrogen-bond acceptors (Lipinski definition) is 5. The van der Waals surface area contributed by atoms with Gasteiger partial charge < -0.3 is 10.2 Å². The number of nitrogens with zero attached hydrogens (tertiary/aromatic N) is 3. The van der Waals surface area contributed by atoms with Crippen LogP contribution in [-0.2, 0) is 11.3 Å². The van der Waals surface area contributed by atoms with Gasteiger partial charge in [-0.3, -0.25) is 4.79 Å². The predicted molar refractivity (Wildman–Crippen MR) is 106 cm³/mol. The Morgan fingerprint density at radius 1 is 1.19 bits per heavy atom. The fraction of sp³-hybridized carbons (Fsp3) is 0.450. The molecule has 2 heterocycles. The maximum atomic E-state index is 12.1. The van der Waals surface area contributed by atoms with Crippen molar-refractivity contribution in [2.45, 2.75) is 31.8 Å². The molecule has 0 bridgehead atoms. The molecule has 5 nitrogen and oxygen atoms in total. The summed E-state index contributed by atoms with van der Waals surface area (Å²) in [5.74, 6) is 2.68. The summed E-state index contributed by atoms with van der Waals surface area (Å²) in [6.45, 7) is 7.19. The van der Waals surface area contributed by atoms with Crippen LogP contribution >= 0.6 is 11.8 Å². The van der Waals surface area contributed by atoms with Crippen molar-refractivity contribution in [2.75, 3.05) is 23.7 Å². The number of piperidine rings is 1. The van der Waals surface area contributed by atoms with Crippen molar-refractivity contribution in [2.24, 2.45) is 11.8 Å². The Hall–Kier alpha value is -2.08. The minimum absolute atomic E-state index is 0.0132. The number of carbonyl (C=O) groups is 1. The van der Waals surface area contributed by atoms with Gasteiger partial charge in [0.15, 0.2) is 0 Å². The third-order valence-electron chi connectivity index (χ3n) is 4.50. The van der Waals surface area contributed by atoms with Crippen LogP contribution in [0.4, 0.5) is 5.82 Å². The predicted octanol–water partition coefficient (Wildman–Crippen LogP) is 3.37. The largest absolute Gasteiger partial charge is 0.356 e. The van der Waals surface area contributed by atoms with Gasteiger partial charge in [-0.1, -0.05) is 55.9 Å². The molecule has 1 saturated heterocycles. The Morgan fingerprint density at radius 2 is 1.92 bits per heavy atom. The fourth-order valence-electron chi connectivity index (χ4n) is 3.42. The van der Waals surface area contributed by atoms with Crippen LogP contribution < -0.4 is 10.2 Å². The molecule has 1 aliphatic rings. The molecule has 26 heavy (non-hydrogen) atoms. The smallest absolute Gasteiger partial charge is 0.230 e. The van der Waals surface area contributed by atoms with E-state index < -0.39 is 0 Å². The number of thioether (sulfide) groups is 1. The van der Waals surface area contributed by atoms with Crippen LogP contribution in [-0.4, -0.2) is 34.7 Å². The van der Waals surface area contributed by atoms with Gasteiger partial charge in [0.25, 0.3) is 0 Å². The molecule has 1 amide bonds. The SMILES string of the molecule is CC1CC(C)CN(c2cc(SCC(=O)NCc3ccccc3)ncn2)C1. The molecule has 3 rings (SSSR count). The number of carbonyl (C=O) groups excluding carboxylic acids is 1. The fourth-order valence-corrected chi connectivity index (χ4v) is 4.11. The molecular weight excluding hydrogens is 344 g/mol. The summed E-state index contributed by atoms with van der Waals surface area (Å²) >= 11 is 1.45. The Bertz CT molecular complexity index is 715. The number of aromatic nitrogens is 2. The van der Waals surface area contributed by atoms with Gasteiger partial charge in [0.2, 0.25) is 5.91 Å². The van der Waals surface area contributed by atoms with Crippen molar-refractivity contribution in [3.8, 4) is 0 Å². The van der Waals surface area contributed by atoms with Gasteiger partial charge in [0.1, 0.15) is 17.2 Å². The van der Waals surface area contributed by atoms with E-state index >= 15 is 0 Å². The van der Waals surface area contributed by atoms with Gasteiger partial charge in [-0.15, -0.1) is 0 Å². The van der Waals surface area contributed by atoms with Crippen molar-refractivity contribution in [3.63, 3.8) is 0 Å². The van der Waals surface area contributed by atoms with Crippen molar-refractivity contribution in [1.82, 2.24) is 15.3 Å².